The molecule has 3 aromatic carbocycles. The molecule has 9 heteroatoms. The van der Waals surface area contributed by atoms with Gasteiger partial charge in [0.2, 0.25) is 0 Å². The highest BCUT2D eigenvalue weighted by atomic mass is 35.5. The van der Waals surface area contributed by atoms with Gasteiger partial charge in [-0.25, -0.2) is 9.98 Å². The third kappa shape index (κ3) is 6.44. The Kier molecular flexibility index (Phi) is 8.50. The molecule has 1 aliphatic heterocycles. The number of hydrogen-bond donors (Lipinski definition) is 2. The lowest BCUT2D eigenvalue weighted by molar-refractivity contribution is 0.195. The summed E-state index contributed by atoms with van der Waals surface area (Å²) in [5, 5.41) is 5.28. The van der Waals surface area contributed by atoms with Crippen molar-refractivity contribution >= 4 is 45.8 Å². The van der Waals surface area contributed by atoms with Crippen LogP contribution in [0.2, 0.25) is 10.0 Å². The zero-order valence-electron chi connectivity index (χ0n) is 21.9. The maximum atomic E-state index is 13.1. The van der Waals surface area contributed by atoms with Crippen molar-refractivity contribution in [3.8, 4) is 0 Å². The SMILES string of the molecule is C[C@@H]1NCCN(C(N)=Nc2ccc3c(=O)n(CCc4ccc(Cl)cc4Cl)cnc3c2)C1CCc1ccccc1. The number of nitrogens with two attached hydrogens (primary N) is 1. The van der Waals surface area contributed by atoms with Gasteiger partial charge in [0.15, 0.2) is 5.96 Å². The van der Waals surface area contributed by atoms with E-state index in [4.69, 9.17) is 33.9 Å². The van der Waals surface area contributed by atoms with E-state index >= 15 is 0 Å². The molecule has 1 aromatic heterocycles. The first-order valence-corrected chi connectivity index (χ1v) is 14.0. The number of halogens is 2. The van der Waals surface area contributed by atoms with Gasteiger partial charge in [0, 0.05) is 41.8 Å². The zero-order valence-corrected chi connectivity index (χ0v) is 23.4. The fourth-order valence-electron chi connectivity index (χ4n) is 5.17. The Morgan fingerprint density at radius 2 is 1.92 bits per heavy atom. The Balaban J connectivity index is 1.32. The van der Waals surface area contributed by atoms with E-state index in [0.29, 0.717) is 45.6 Å². The van der Waals surface area contributed by atoms with Gasteiger partial charge in [0.1, 0.15) is 0 Å². The lowest BCUT2D eigenvalue weighted by Crippen LogP contribution is -2.60. The molecule has 1 saturated heterocycles. The number of hydrogen-bond acceptors (Lipinski definition) is 4. The van der Waals surface area contributed by atoms with Crippen LogP contribution in [0.15, 0.2) is 82.8 Å². The number of rotatable bonds is 7. The van der Waals surface area contributed by atoms with Crippen LogP contribution in [0.3, 0.4) is 0 Å². The van der Waals surface area contributed by atoms with Gasteiger partial charge in [-0.15, -0.1) is 0 Å². The average Bonchev–Trinajstić information content (AvgIpc) is 2.93. The second kappa shape index (κ2) is 12.2. The fraction of sp³-hybridized carbons (Fsp3) is 0.300. The van der Waals surface area contributed by atoms with Gasteiger partial charge in [-0.2, -0.15) is 0 Å². The van der Waals surface area contributed by atoms with Crippen LogP contribution in [-0.2, 0) is 19.4 Å². The first kappa shape index (κ1) is 27.2. The van der Waals surface area contributed by atoms with Crippen LogP contribution >= 0.6 is 23.2 Å². The highest BCUT2D eigenvalue weighted by Crippen LogP contribution is 2.23. The third-order valence-electron chi connectivity index (χ3n) is 7.35. The van der Waals surface area contributed by atoms with E-state index in [1.165, 1.54) is 5.56 Å². The molecule has 2 heterocycles. The monoisotopic (exact) mass is 562 g/mol. The number of nitrogens with zero attached hydrogens (tertiary/aromatic N) is 4. The van der Waals surface area contributed by atoms with Gasteiger partial charge >= 0.3 is 0 Å². The van der Waals surface area contributed by atoms with Gasteiger partial charge in [-0.1, -0.05) is 59.6 Å². The largest absolute Gasteiger partial charge is 0.369 e. The normalized spacial score (nSPS) is 18.0. The van der Waals surface area contributed by atoms with Crippen LogP contribution in [0.1, 0.15) is 24.5 Å². The predicted octanol–water partition coefficient (Wildman–Crippen LogP) is 5.19. The summed E-state index contributed by atoms with van der Waals surface area (Å²) in [4.78, 5) is 24.6. The molecule has 4 aromatic rings. The van der Waals surface area contributed by atoms with E-state index in [0.717, 1.165) is 31.5 Å². The van der Waals surface area contributed by atoms with E-state index in [2.05, 4.69) is 46.4 Å². The quantitative estimate of drug-likeness (QED) is 0.239. The molecule has 1 unspecified atom stereocenters. The van der Waals surface area contributed by atoms with Gasteiger partial charge in [0.25, 0.3) is 5.56 Å². The highest BCUT2D eigenvalue weighted by Gasteiger charge is 2.29. The van der Waals surface area contributed by atoms with Crippen molar-refractivity contribution in [1.29, 1.82) is 0 Å². The van der Waals surface area contributed by atoms with Gasteiger partial charge in [-0.05, 0) is 67.6 Å². The standard InChI is InChI=1S/C30H32Cl2N6O/c1-20-28(12-7-21-5-3-2-4-6-21)38(16-14-34-20)30(33)36-24-10-11-25-27(18-24)35-19-37(29(25)39)15-13-22-8-9-23(31)17-26(22)32/h2-6,8-11,17-20,28,34H,7,12-16H2,1H3,(H2,33,36)/t20-,28?/m0/s1. The molecule has 7 nitrogen and oxygen atoms in total. The molecule has 1 aliphatic rings. The topological polar surface area (TPSA) is 88.5 Å². The van der Waals surface area contributed by atoms with Gasteiger partial charge in [-0.3, -0.25) is 9.36 Å². The molecule has 2 atom stereocenters. The molecule has 0 radical (unpaired) electrons. The summed E-state index contributed by atoms with van der Waals surface area (Å²) in [6.45, 7) is 4.29. The molecule has 5 rings (SSSR count). The van der Waals surface area contributed by atoms with Crippen molar-refractivity contribution in [3.63, 3.8) is 0 Å². The van der Waals surface area contributed by atoms with Crippen LogP contribution in [0.25, 0.3) is 10.9 Å². The van der Waals surface area contributed by atoms with Crippen LogP contribution in [0.5, 0.6) is 0 Å². The first-order valence-electron chi connectivity index (χ1n) is 13.2. The minimum absolute atomic E-state index is 0.106. The molecule has 1 fully saturated rings. The molecule has 39 heavy (non-hydrogen) atoms. The Morgan fingerprint density at radius 3 is 2.72 bits per heavy atom. The summed E-state index contributed by atoms with van der Waals surface area (Å²) in [6.07, 6.45) is 4.10. The summed E-state index contributed by atoms with van der Waals surface area (Å²) in [5.41, 5.74) is 9.95. The van der Waals surface area contributed by atoms with Crippen LogP contribution in [0.4, 0.5) is 5.69 Å². The zero-order chi connectivity index (χ0) is 27.4. The van der Waals surface area contributed by atoms with E-state index in [9.17, 15) is 4.79 Å². The van der Waals surface area contributed by atoms with E-state index in [1.807, 2.05) is 24.3 Å². The number of fused-ring (bicyclic) bond motifs is 1. The van der Waals surface area contributed by atoms with E-state index in [-0.39, 0.29) is 17.6 Å². The Morgan fingerprint density at radius 1 is 1.10 bits per heavy atom. The molecular formula is C30H32Cl2N6O. The first-order chi connectivity index (χ1) is 18.9. The van der Waals surface area contributed by atoms with Crippen molar-refractivity contribution < 1.29 is 0 Å². The molecule has 0 spiro atoms. The average molecular weight is 564 g/mol. The van der Waals surface area contributed by atoms with Crippen molar-refractivity contribution in [2.45, 2.75) is 44.8 Å². The molecular weight excluding hydrogens is 531 g/mol. The Labute approximate surface area is 238 Å². The smallest absolute Gasteiger partial charge is 0.261 e. The molecule has 0 aliphatic carbocycles. The van der Waals surface area contributed by atoms with Crippen LogP contribution in [-0.4, -0.2) is 45.6 Å². The number of nitrogens with one attached hydrogen (secondary N) is 1. The lowest BCUT2D eigenvalue weighted by atomic mass is 9.97. The van der Waals surface area contributed by atoms with Crippen LogP contribution in [0, 0.1) is 0 Å². The molecule has 202 valence electrons. The molecule has 0 saturated carbocycles. The minimum Gasteiger partial charge on any atom is -0.369 e. The van der Waals surface area contributed by atoms with E-state index < -0.39 is 0 Å². The maximum Gasteiger partial charge on any atom is 0.261 e. The van der Waals surface area contributed by atoms with Crippen molar-refractivity contribution in [2.75, 3.05) is 13.1 Å². The predicted molar refractivity (Wildman–Crippen MR) is 160 cm³/mol. The summed E-state index contributed by atoms with van der Waals surface area (Å²) in [7, 11) is 0. The molecule has 0 bridgehead atoms. The number of piperazine rings is 1. The number of aryl methyl sites for hydroxylation is 3. The van der Waals surface area contributed by atoms with Gasteiger partial charge in [0.05, 0.1) is 22.9 Å². The molecule has 0 amide bonds. The number of benzene rings is 3. The summed E-state index contributed by atoms with van der Waals surface area (Å²) < 4.78 is 1.60. The Bertz CT molecular complexity index is 1540. The van der Waals surface area contributed by atoms with Crippen molar-refractivity contribution in [3.05, 3.63) is 105 Å². The van der Waals surface area contributed by atoms with Crippen LogP contribution < -0.4 is 16.6 Å². The minimum atomic E-state index is -0.106. The summed E-state index contributed by atoms with van der Waals surface area (Å²) >= 11 is 12.3. The maximum absolute atomic E-state index is 13.1. The Hall–Kier alpha value is -3.39. The summed E-state index contributed by atoms with van der Waals surface area (Å²) in [5.74, 6) is 0.481. The van der Waals surface area contributed by atoms with E-state index in [1.54, 1.807) is 29.1 Å². The molecule has 3 N–H and O–H groups in total. The second-order valence-electron chi connectivity index (χ2n) is 9.93. The number of aromatic nitrogens is 2. The third-order valence-corrected chi connectivity index (χ3v) is 7.94. The van der Waals surface area contributed by atoms with Crippen molar-refractivity contribution in [1.82, 2.24) is 19.8 Å². The number of aliphatic imine (C=N–C) groups is 1. The summed E-state index contributed by atoms with van der Waals surface area (Å²) in [6, 6.07) is 21.8. The highest BCUT2D eigenvalue weighted by molar-refractivity contribution is 6.35. The second-order valence-corrected chi connectivity index (χ2v) is 10.8. The van der Waals surface area contributed by atoms with Gasteiger partial charge < -0.3 is 16.0 Å². The number of guanidine groups is 1. The van der Waals surface area contributed by atoms with Crippen molar-refractivity contribution in [2.24, 2.45) is 10.7 Å². The lowest BCUT2D eigenvalue weighted by Gasteiger charge is -2.41. The fourth-order valence-corrected chi connectivity index (χ4v) is 5.67.